The summed E-state index contributed by atoms with van der Waals surface area (Å²) in [5.74, 6) is -1.94. The monoisotopic (exact) mass is 363 g/mol. The highest BCUT2D eigenvalue weighted by molar-refractivity contribution is 6.39. The number of carbonyl (C=O) groups excluding carboxylic acids is 3. The molecule has 2 aromatic carbocycles. The number of amides is 3. The Morgan fingerprint density at radius 2 is 1.59 bits per heavy atom. The van der Waals surface area contributed by atoms with Crippen molar-refractivity contribution < 1.29 is 14.4 Å². The van der Waals surface area contributed by atoms with E-state index in [1.54, 1.807) is 30.5 Å². The number of H-pyrrole nitrogens is 1. The summed E-state index contributed by atoms with van der Waals surface area (Å²) in [6.45, 7) is 1.40. The Morgan fingerprint density at radius 3 is 2.30 bits per heavy atom. The highest BCUT2D eigenvalue weighted by atomic mass is 16.2. The Morgan fingerprint density at radius 1 is 0.926 bits per heavy atom. The van der Waals surface area contributed by atoms with Crippen molar-refractivity contribution in [2.45, 2.75) is 6.92 Å². The van der Waals surface area contributed by atoms with Gasteiger partial charge in [0, 0.05) is 41.0 Å². The fourth-order valence-electron chi connectivity index (χ4n) is 2.44. The van der Waals surface area contributed by atoms with Crippen LogP contribution in [-0.4, -0.2) is 28.9 Å². The number of rotatable bonds is 4. The average molecular weight is 363 g/mol. The van der Waals surface area contributed by atoms with Crippen LogP contribution >= 0.6 is 0 Å². The quantitative estimate of drug-likeness (QED) is 0.323. The predicted molar refractivity (Wildman–Crippen MR) is 103 cm³/mol. The van der Waals surface area contributed by atoms with Gasteiger partial charge in [-0.25, -0.2) is 5.43 Å². The molecular formula is C19H17N5O3. The SMILES string of the molecule is CC(=O)Nc1ccc(NC(=O)C(=O)N/N=C/c2c[nH]c3ccccc23)cc1. The minimum Gasteiger partial charge on any atom is -0.361 e. The second-order valence-electron chi connectivity index (χ2n) is 5.70. The maximum atomic E-state index is 11.9. The summed E-state index contributed by atoms with van der Waals surface area (Å²) in [7, 11) is 0. The Kier molecular flexibility index (Phi) is 5.27. The van der Waals surface area contributed by atoms with Gasteiger partial charge in [0.15, 0.2) is 0 Å². The number of carbonyl (C=O) groups is 3. The third-order valence-corrected chi connectivity index (χ3v) is 3.66. The Labute approximate surface area is 154 Å². The molecule has 4 N–H and O–H groups in total. The van der Waals surface area contributed by atoms with Gasteiger partial charge in [-0.3, -0.25) is 14.4 Å². The van der Waals surface area contributed by atoms with Gasteiger partial charge in [0.2, 0.25) is 5.91 Å². The van der Waals surface area contributed by atoms with Gasteiger partial charge >= 0.3 is 11.8 Å². The molecule has 0 aliphatic heterocycles. The Balaban J connectivity index is 1.56. The molecule has 1 aromatic heterocycles. The van der Waals surface area contributed by atoms with E-state index in [-0.39, 0.29) is 5.91 Å². The number of aromatic nitrogens is 1. The first-order valence-electron chi connectivity index (χ1n) is 8.11. The van der Waals surface area contributed by atoms with Gasteiger partial charge in [-0.2, -0.15) is 5.10 Å². The molecule has 0 unspecified atom stereocenters. The molecule has 136 valence electrons. The molecule has 0 radical (unpaired) electrons. The summed E-state index contributed by atoms with van der Waals surface area (Å²) < 4.78 is 0. The van der Waals surface area contributed by atoms with E-state index < -0.39 is 11.8 Å². The van der Waals surface area contributed by atoms with Gasteiger partial charge < -0.3 is 15.6 Å². The number of hydrogen-bond acceptors (Lipinski definition) is 4. The van der Waals surface area contributed by atoms with E-state index in [4.69, 9.17) is 0 Å². The third kappa shape index (κ3) is 4.57. The molecule has 3 rings (SSSR count). The van der Waals surface area contributed by atoms with Gasteiger partial charge in [-0.1, -0.05) is 18.2 Å². The highest BCUT2D eigenvalue weighted by Gasteiger charge is 2.13. The number of benzene rings is 2. The number of nitrogens with zero attached hydrogens (tertiary/aromatic N) is 1. The minimum absolute atomic E-state index is 0.195. The second kappa shape index (κ2) is 7.96. The standard InChI is InChI=1S/C19H17N5O3/c1-12(25)22-14-6-8-15(9-7-14)23-18(26)19(27)24-21-11-13-10-20-17-5-3-2-4-16(13)17/h2-11,20H,1H3,(H,22,25)(H,23,26)(H,24,27)/b21-11+. The summed E-state index contributed by atoms with van der Waals surface area (Å²) in [6.07, 6.45) is 3.23. The van der Waals surface area contributed by atoms with Crippen LogP contribution in [0.15, 0.2) is 59.8 Å². The average Bonchev–Trinajstić information content (AvgIpc) is 3.06. The van der Waals surface area contributed by atoms with Crippen LogP contribution in [0.2, 0.25) is 0 Å². The van der Waals surface area contributed by atoms with Gasteiger partial charge in [0.05, 0.1) is 6.21 Å². The number of fused-ring (bicyclic) bond motifs is 1. The maximum absolute atomic E-state index is 11.9. The minimum atomic E-state index is -0.892. The Hall–Kier alpha value is -3.94. The van der Waals surface area contributed by atoms with E-state index in [9.17, 15) is 14.4 Å². The molecule has 0 aliphatic rings. The van der Waals surface area contributed by atoms with Crippen molar-refractivity contribution >= 4 is 46.2 Å². The summed E-state index contributed by atoms with van der Waals surface area (Å²) in [4.78, 5) is 37.8. The van der Waals surface area contributed by atoms with Crippen molar-refractivity contribution in [1.29, 1.82) is 0 Å². The molecular weight excluding hydrogens is 346 g/mol. The van der Waals surface area contributed by atoms with E-state index >= 15 is 0 Å². The number of aromatic amines is 1. The normalized spacial score (nSPS) is 10.7. The number of para-hydroxylation sites is 1. The van der Waals surface area contributed by atoms with Crippen LogP contribution in [0.3, 0.4) is 0 Å². The summed E-state index contributed by atoms with van der Waals surface area (Å²) >= 11 is 0. The van der Waals surface area contributed by atoms with E-state index in [1.165, 1.54) is 13.1 Å². The third-order valence-electron chi connectivity index (χ3n) is 3.66. The first kappa shape index (κ1) is 17.9. The van der Waals surface area contributed by atoms with Gasteiger partial charge in [-0.05, 0) is 30.3 Å². The van der Waals surface area contributed by atoms with Crippen molar-refractivity contribution in [3.05, 3.63) is 60.3 Å². The lowest BCUT2D eigenvalue weighted by Gasteiger charge is -2.06. The molecule has 0 spiro atoms. The van der Waals surface area contributed by atoms with Crippen molar-refractivity contribution in [3.63, 3.8) is 0 Å². The van der Waals surface area contributed by atoms with Crippen molar-refractivity contribution in [2.24, 2.45) is 5.10 Å². The van der Waals surface area contributed by atoms with Crippen LogP contribution in [0.25, 0.3) is 10.9 Å². The van der Waals surface area contributed by atoms with E-state index in [2.05, 4.69) is 26.1 Å². The number of hydrogen-bond donors (Lipinski definition) is 4. The Bertz CT molecular complexity index is 1020. The van der Waals surface area contributed by atoms with E-state index in [1.807, 2.05) is 24.3 Å². The number of nitrogens with one attached hydrogen (secondary N) is 4. The molecule has 0 bridgehead atoms. The first-order valence-corrected chi connectivity index (χ1v) is 8.11. The van der Waals surface area contributed by atoms with E-state index in [0.29, 0.717) is 11.4 Å². The van der Waals surface area contributed by atoms with Crippen LogP contribution in [0.4, 0.5) is 11.4 Å². The molecule has 0 saturated carbocycles. The van der Waals surface area contributed by atoms with Crippen LogP contribution in [0.1, 0.15) is 12.5 Å². The summed E-state index contributed by atoms with van der Waals surface area (Å²) in [6, 6.07) is 14.0. The molecule has 27 heavy (non-hydrogen) atoms. The van der Waals surface area contributed by atoms with E-state index in [0.717, 1.165) is 16.5 Å². The maximum Gasteiger partial charge on any atom is 0.329 e. The van der Waals surface area contributed by atoms with Crippen LogP contribution in [-0.2, 0) is 14.4 Å². The fourth-order valence-corrected chi connectivity index (χ4v) is 2.44. The summed E-state index contributed by atoms with van der Waals surface area (Å²) in [5, 5.41) is 9.84. The summed E-state index contributed by atoms with van der Waals surface area (Å²) in [5.41, 5.74) is 4.94. The number of anilines is 2. The first-order chi connectivity index (χ1) is 13.0. The fraction of sp³-hybridized carbons (Fsp3) is 0.0526. The molecule has 8 nitrogen and oxygen atoms in total. The van der Waals surface area contributed by atoms with Gasteiger partial charge in [0.1, 0.15) is 0 Å². The van der Waals surface area contributed by atoms with Crippen LogP contribution in [0.5, 0.6) is 0 Å². The molecule has 1 heterocycles. The molecule has 0 atom stereocenters. The van der Waals surface area contributed by atoms with Crippen molar-refractivity contribution in [2.75, 3.05) is 10.6 Å². The molecule has 8 heteroatoms. The number of hydrazone groups is 1. The zero-order valence-corrected chi connectivity index (χ0v) is 14.4. The molecule has 0 fully saturated rings. The lowest BCUT2D eigenvalue weighted by Crippen LogP contribution is -2.32. The molecule has 3 aromatic rings. The van der Waals surface area contributed by atoms with Crippen molar-refractivity contribution in [3.8, 4) is 0 Å². The van der Waals surface area contributed by atoms with Gasteiger partial charge in [-0.15, -0.1) is 0 Å². The second-order valence-corrected chi connectivity index (χ2v) is 5.70. The zero-order chi connectivity index (χ0) is 19.2. The van der Waals surface area contributed by atoms with Crippen LogP contribution in [0, 0.1) is 0 Å². The predicted octanol–water partition coefficient (Wildman–Crippen LogP) is 2.22. The lowest BCUT2D eigenvalue weighted by atomic mass is 10.2. The highest BCUT2D eigenvalue weighted by Crippen LogP contribution is 2.15. The molecule has 0 saturated heterocycles. The molecule has 0 aliphatic carbocycles. The smallest absolute Gasteiger partial charge is 0.329 e. The zero-order valence-electron chi connectivity index (χ0n) is 14.4. The van der Waals surface area contributed by atoms with Crippen LogP contribution < -0.4 is 16.1 Å². The van der Waals surface area contributed by atoms with Crippen molar-refractivity contribution in [1.82, 2.24) is 10.4 Å². The topological polar surface area (TPSA) is 115 Å². The van der Waals surface area contributed by atoms with Gasteiger partial charge in [0.25, 0.3) is 0 Å². The largest absolute Gasteiger partial charge is 0.361 e. The lowest BCUT2D eigenvalue weighted by molar-refractivity contribution is -0.136. The molecule has 3 amide bonds.